The highest BCUT2D eigenvalue weighted by Crippen LogP contribution is 2.30. The first-order valence-corrected chi connectivity index (χ1v) is 7.78. The third-order valence-electron chi connectivity index (χ3n) is 3.78. The SMILES string of the molecule is O=C1COc2ccc(NC(=O)c3ccn(-c4ccc(F)cc4)n3)cc2N1. The largest absolute Gasteiger partial charge is 0.482 e. The average molecular weight is 352 g/mol. The fourth-order valence-electron chi connectivity index (χ4n) is 2.54. The van der Waals surface area contributed by atoms with Crippen molar-refractivity contribution in [3.8, 4) is 11.4 Å². The number of carbonyl (C=O) groups excluding carboxylic acids is 2. The molecular weight excluding hydrogens is 339 g/mol. The monoisotopic (exact) mass is 352 g/mol. The first kappa shape index (κ1) is 15.8. The third kappa shape index (κ3) is 3.12. The minimum absolute atomic E-state index is 0.0282. The number of nitrogens with zero attached hydrogens (tertiary/aromatic N) is 2. The third-order valence-corrected chi connectivity index (χ3v) is 3.78. The maximum atomic E-state index is 13.0. The number of hydrogen-bond acceptors (Lipinski definition) is 4. The van der Waals surface area contributed by atoms with Gasteiger partial charge in [-0.2, -0.15) is 5.10 Å². The second kappa shape index (κ2) is 6.32. The summed E-state index contributed by atoms with van der Waals surface area (Å²) in [6.45, 7) is -0.0282. The van der Waals surface area contributed by atoms with Crippen LogP contribution in [0.15, 0.2) is 54.7 Å². The van der Waals surface area contributed by atoms with Gasteiger partial charge in [0.05, 0.1) is 11.4 Å². The Labute approximate surface area is 147 Å². The lowest BCUT2D eigenvalue weighted by Crippen LogP contribution is -2.25. The van der Waals surface area contributed by atoms with Gasteiger partial charge in [0, 0.05) is 11.9 Å². The maximum absolute atomic E-state index is 13.0. The molecule has 7 nitrogen and oxygen atoms in total. The van der Waals surface area contributed by atoms with Crippen LogP contribution in [0.1, 0.15) is 10.5 Å². The predicted octanol–water partition coefficient (Wildman–Crippen LogP) is 2.59. The van der Waals surface area contributed by atoms with Crippen LogP contribution in [0.5, 0.6) is 5.75 Å². The van der Waals surface area contributed by atoms with Crippen molar-refractivity contribution in [3.05, 3.63) is 66.2 Å². The Morgan fingerprint density at radius 1 is 1.19 bits per heavy atom. The highest BCUT2D eigenvalue weighted by molar-refractivity contribution is 6.04. The number of carbonyl (C=O) groups is 2. The summed E-state index contributed by atoms with van der Waals surface area (Å²) in [5.41, 5.74) is 1.83. The summed E-state index contributed by atoms with van der Waals surface area (Å²) in [5.74, 6) is -0.460. The molecule has 0 bridgehead atoms. The Morgan fingerprint density at radius 3 is 2.81 bits per heavy atom. The lowest BCUT2D eigenvalue weighted by Gasteiger charge is -2.18. The van der Waals surface area contributed by atoms with E-state index < -0.39 is 5.91 Å². The highest BCUT2D eigenvalue weighted by atomic mass is 19.1. The van der Waals surface area contributed by atoms with E-state index in [2.05, 4.69) is 15.7 Å². The number of halogens is 1. The Morgan fingerprint density at radius 2 is 2.00 bits per heavy atom. The number of rotatable bonds is 3. The van der Waals surface area contributed by atoms with Crippen LogP contribution in [-0.2, 0) is 4.79 Å². The molecule has 1 aliphatic rings. The van der Waals surface area contributed by atoms with E-state index in [1.807, 2.05) is 0 Å². The molecule has 1 aromatic heterocycles. The van der Waals surface area contributed by atoms with E-state index in [-0.39, 0.29) is 24.0 Å². The molecule has 2 N–H and O–H groups in total. The summed E-state index contributed by atoms with van der Waals surface area (Å²) < 4.78 is 19.7. The number of aromatic nitrogens is 2. The van der Waals surface area contributed by atoms with Crippen LogP contribution in [0.25, 0.3) is 5.69 Å². The van der Waals surface area contributed by atoms with Crippen LogP contribution in [0.3, 0.4) is 0 Å². The van der Waals surface area contributed by atoms with Crippen molar-refractivity contribution in [2.24, 2.45) is 0 Å². The van der Waals surface area contributed by atoms with Gasteiger partial charge in [-0.25, -0.2) is 9.07 Å². The van der Waals surface area contributed by atoms with Crippen LogP contribution in [0.4, 0.5) is 15.8 Å². The quantitative estimate of drug-likeness (QED) is 0.759. The first-order chi connectivity index (χ1) is 12.6. The number of benzene rings is 2. The maximum Gasteiger partial charge on any atom is 0.276 e. The minimum atomic E-state index is -0.408. The Kier molecular flexibility index (Phi) is 3.85. The molecule has 0 aliphatic carbocycles. The van der Waals surface area contributed by atoms with Gasteiger partial charge in [-0.3, -0.25) is 9.59 Å². The van der Waals surface area contributed by atoms with Crippen molar-refractivity contribution in [2.45, 2.75) is 0 Å². The standard InChI is InChI=1S/C18H13FN4O3/c19-11-1-4-13(5-2-11)23-8-7-14(22-23)18(25)20-12-3-6-16-15(9-12)21-17(24)10-26-16/h1-9H,10H2,(H,20,25)(H,21,24). The number of anilines is 2. The molecule has 0 radical (unpaired) electrons. The van der Waals surface area contributed by atoms with Gasteiger partial charge in [0.1, 0.15) is 11.6 Å². The van der Waals surface area contributed by atoms with Crippen molar-refractivity contribution in [1.82, 2.24) is 9.78 Å². The van der Waals surface area contributed by atoms with Gasteiger partial charge in [-0.1, -0.05) is 0 Å². The van der Waals surface area contributed by atoms with Crippen LogP contribution in [-0.4, -0.2) is 28.2 Å². The normalized spacial score (nSPS) is 12.7. The van der Waals surface area contributed by atoms with Crippen molar-refractivity contribution in [1.29, 1.82) is 0 Å². The van der Waals surface area contributed by atoms with Gasteiger partial charge < -0.3 is 15.4 Å². The minimum Gasteiger partial charge on any atom is -0.482 e. The molecule has 2 amide bonds. The lowest BCUT2D eigenvalue weighted by molar-refractivity contribution is -0.118. The van der Waals surface area contributed by atoms with E-state index in [9.17, 15) is 14.0 Å². The molecule has 2 aromatic carbocycles. The molecule has 26 heavy (non-hydrogen) atoms. The van der Waals surface area contributed by atoms with Gasteiger partial charge in [0.25, 0.3) is 11.8 Å². The Balaban J connectivity index is 1.51. The number of ether oxygens (including phenoxy) is 1. The van der Waals surface area contributed by atoms with Crippen molar-refractivity contribution >= 4 is 23.2 Å². The molecule has 4 rings (SSSR count). The molecule has 3 aromatic rings. The number of hydrogen-bond donors (Lipinski definition) is 2. The summed E-state index contributed by atoms with van der Waals surface area (Å²) in [6, 6.07) is 12.3. The van der Waals surface area contributed by atoms with Gasteiger partial charge >= 0.3 is 0 Å². The molecule has 0 atom stereocenters. The van der Waals surface area contributed by atoms with Crippen LogP contribution in [0, 0.1) is 5.82 Å². The average Bonchev–Trinajstić information content (AvgIpc) is 3.12. The van der Waals surface area contributed by atoms with E-state index >= 15 is 0 Å². The van der Waals surface area contributed by atoms with Gasteiger partial charge in [-0.05, 0) is 48.5 Å². The van der Waals surface area contributed by atoms with E-state index in [1.54, 1.807) is 42.6 Å². The topological polar surface area (TPSA) is 85.2 Å². The lowest BCUT2D eigenvalue weighted by atomic mass is 10.2. The first-order valence-electron chi connectivity index (χ1n) is 7.78. The summed E-state index contributed by atoms with van der Waals surface area (Å²) >= 11 is 0. The Hall–Kier alpha value is -3.68. The molecule has 1 aliphatic heterocycles. The smallest absolute Gasteiger partial charge is 0.276 e. The fourth-order valence-corrected chi connectivity index (χ4v) is 2.54. The second-order valence-corrected chi connectivity index (χ2v) is 5.62. The zero-order valence-electron chi connectivity index (χ0n) is 13.4. The number of fused-ring (bicyclic) bond motifs is 1. The van der Waals surface area contributed by atoms with Gasteiger partial charge in [0.2, 0.25) is 0 Å². The number of amides is 2. The summed E-state index contributed by atoms with van der Waals surface area (Å²) in [5, 5.41) is 9.59. The summed E-state index contributed by atoms with van der Waals surface area (Å²) in [7, 11) is 0. The van der Waals surface area contributed by atoms with Crippen LogP contribution in [0.2, 0.25) is 0 Å². The molecule has 8 heteroatoms. The van der Waals surface area contributed by atoms with Gasteiger partial charge in [0.15, 0.2) is 12.3 Å². The molecule has 0 saturated carbocycles. The second-order valence-electron chi connectivity index (χ2n) is 5.62. The molecule has 130 valence electrons. The summed E-state index contributed by atoms with van der Waals surface area (Å²) in [4.78, 5) is 23.8. The molecule has 2 heterocycles. The molecule has 0 fully saturated rings. The number of nitrogens with one attached hydrogen (secondary N) is 2. The van der Waals surface area contributed by atoms with E-state index in [1.165, 1.54) is 16.8 Å². The molecular formula is C18H13FN4O3. The van der Waals surface area contributed by atoms with Crippen molar-refractivity contribution in [3.63, 3.8) is 0 Å². The highest BCUT2D eigenvalue weighted by Gasteiger charge is 2.17. The summed E-state index contributed by atoms with van der Waals surface area (Å²) in [6.07, 6.45) is 1.61. The molecule has 0 saturated heterocycles. The van der Waals surface area contributed by atoms with E-state index in [0.717, 1.165) is 0 Å². The van der Waals surface area contributed by atoms with Crippen molar-refractivity contribution < 1.29 is 18.7 Å². The Bertz CT molecular complexity index is 998. The zero-order valence-corrected chi connectivity index (χ0v) is 13.4. The van der Waals surface area contributed by atoms with Gasteiger partial charge in [-0.15, -0.1) is 0 Å². The van der Waals surface area contributed by atoms with Crippen LogP contribution >= 0.6 is 0 Å². The predicted molar refractivity (Wildman–Crippen MR) is 92.0 cm³/mol. The molecule has 0 unspecified atom stereocenters. The fraction of sp³-hybridized carbons (Fsp3) is 0.0556. The van der Waals surface area contributed by atoms with Crippen LogP contribution < -0.4 is 15.4 Å². The zero-order chi connectivity index (χ0) is 18.1. The van der Waals surface area contributed by atoms with E-state index in [0.29, 0.717) is 22.8 Å². The van der Waals surface area contributed by atoms with Crippen molar-refractivity contribution in [2.75, 3.05) is 17.2 Å². The van der Waals surface area contributed by atoms with E-state index in [4.69, 9.17) is 4.74 Å². The molecule has 0 spiro atoms.